The molecule has 2 aromatic carbocycles. The minimum Gasteiger partial charge on any atom is -0.350 e. The van der Waals surface area contributed by atoms with Crippen molar-refractivity contribution in [1.82, 2.24) is 5.32 Å². The first kappa shape index (κ1) is 19.9. The fraction of sp³-hybridized carbons (Fsp3) is 0.278. The summed E-state index contributed by atoms with van der Waals surface area (Å²) in [5.74, 6) is -0.969. The van der Waals surface area contributed by atoms with Crippen molar-refractivity contribution < 1.29 is 17.6 Å². The molecule has 0 unspecified atom stereocenters. The Morgan fingerprint density at radius 2 is 1.85 bits per heavy atom. The van der Waals surface area contributed by atoms with Gasteiger partial charge in [-0.2, -0.15) is 0 Å². The molecule has 0 radical (unpaired) electrons. The van der Waals surface area contributed by atoms with Crippen LogP contribution in [-0.4, -0.2) is 26.4 Å². The number of carbonyl (C=O) groups is 1. The van der Waals surface area contributed by atoms with Gasteiger partial charge < -0.3 is 11.1 Å². The molecule has 0 spiro atoms. The molecule has 8 heteroatoms. The second kappa shape index (κ2) is 7.43. The quantitative estimate of drug-likeness (QED) is 0.717. The lowest BCUT2D eigenvalue weighted by atomic mass is 10.1. The van der Waals surface area contributed by atoms with Gasteiger partial charge in [-0.3, -0.25) is 9.52 Å². The van der Waals surface area contributed by atoms with E-state index in [1.54, 1.807) is 26.0 Å². The minimum absolute atomic E-state index is 0.0581. The molecule has 0 fully saturated rings. The number of para-hydroxylation sites is 1. The first-order valence-electron chi connectivity index (χ1n) is 7.95. The highest BCUT2D eigenvalue weighted by atomic mass is 32.2. The molecule has 0 aromatic heterocycles. The van der Waals surface area contributed by atoms with Gasteiger partial charge in [0.15, 0.2) is 0 Å². The number of hydrogen-bond donors (Lipinski definition) is 3. The molecule has 140 valence electrons. The summed E-state index contributed by atoms with van der Waals surface area (Å²) in [6, 6.07) is 9.63. The summed E-state index contributed by atoms with van der Waals surface area (Å²) >= 11 is 0. The molecule has 0 heterocycles. The summed E-state index contributed by atoms with van der Waals surface area (Å²) < 4.78 is 40.9. The van der Waals surface area contributed by atoms with E-state index in [-0.39, 0.29) is 28.3 Å². The third kappa shape index (κ3) is 5.03. The molecule has 0 atom stereocenters. The molecular formula is C18H22FN3O3S. The zero-order valence-electron chi connectivity index (χ0n) is 14.8. The summed E-state index contributed by atoms with van der Waals surface area (Å²) in [6.07, 6.45) is 0. The van der Waals surface area contributed by atoms with E-state index < -0.39 is 27.3 Å². The smallest absolute Gasteiger partial charge is 0.262 e. The Hall–Kier alpha value is -2.45. The first-order valence-corrected chi connectivity index (χ1v) is 9.43. The third-order valence-electron chi connectivity index (χ3n) is 3.55. The van der Waals surface area contributed by atoms with Crippen LogP contribution in [0.2, 0.25) is 0 Å². The number of nitrogens with two attached hydrogens (primary N) is 1. The second-order valence-electron chi connectivity index (χ2n) is 6.73. The van der Waals surface area contributed by atoms with Crippen LogP contribution in [0.1, 0.15) is 29.8 Å². The molecule has 0 aliphatic rings. The van der Waals surface area contributed by atoms with Crippen LogP contribution in [0.5, 0.6) is 0 Å². The Balaban J connectivity index is 2.31. The average Bonchev–Trinajstić information content (AvgIpc) is 2.51. The summed E-state index contributed by atoms with van der Waals surface area (Å²) in [7, 11) is -3.98. The van der Waals surface area contributed by atoms with E-state index in [0.717, 1.165) is 12.1 Å². The number of benzene rings is 2. The number of aryl methyl sites for hydroxylation is 1. The third-order valence-corrected chi connectivity index (χ3v) is 5.07. The van der Waals surface area contributed by atoms with Crippen LogP contribution in [-0.2, 0) is 10.0 Å². The highest BCUT2D eigenvalue weighted by Gasteiger charge is 2.21. The van der Waals surface area contributed by atoms with Crippen molar-refractivity contribution >= 4 is 21.6 Å². The number of carbonyl (C=O) groups excluding carboxylic acids is 1. The molecule has 0 saturated carbocycles. The monoisotopic (exact) mass is 379 g/mol. The molecule has 1 amide bonds. The van der Waals surface area contributed by atoms with Crippen LogP contribution < -0.4 is 15.8 Å². The Labute approximate surface area is 152 Å². The molecule has 0 saturated heterocycles. The number of anilines is 1. The van der Waals surface area contributed by atoms with E-state index >= 15 is 0 Å². The summed E-state index contributed by atoms with van der Waals surface area (Å²) in [4.78, 5) is 12.3. The van der Waals surface area contributed by atoms with Gasteiger partial charge in [-0.05, 0) is 56.7 Å². The lowest BCUT2D eigenvalue weighted by Crippen LogP contribution is -2.45. The first-order chi connectivity index (χ1) is 12.0. The number of nitrogens with one attached hydrogen (secondary N) is 2. The summed E-state index contributed by atoms with van der Waals surface area (Å²) in [5, 5.41) is 2.68. The predicted molar refractivity (Wildman–Crippen MR) is 99.0 cm³/mol. The number of hydrogen-bond acceptors (Lipinski definition) is 4. The van der Waals surface area contributed by atoms with Crippen LogP contribution in [0.4, 0.5) is 10.1 Å². The van der Waals surface area contributed by atoms with E-state index in [0.29, 0.717) is 0 Å². The second-order valence-corrected chi connectivity index (χ2v) is 8.38. The number of rotatable bonds is 6. The highest BCUT2D eigenvalue weighted by Crippen LogP contribution is 2.22. The Morgan fingerprint density at radius 1 is 1.19 bits per heavy atom. The maximum absolute atomic E-state index is 13.2. The van der Waals surface area contributed by atoms with Crippen LogP contribution in [0.25, 0.3) is 0 Å². The maximum atomic E-state index is 13.2. The zero-order chi connectivity index (χ0) is 19.5. The van der Waals surface area contributed by atoms with E-state index in [2.05, 4.69) is 10.0 Å². The Kier molecular flexibility index (Phi) is 5.68. The van der Waals surface area contributed by atoms with E-state index in [9.17, 15) is 17.6 Å². The van der Waals surface area contributed by atoms with Gasteiger partial charge in [0.25, 0.3) is 15.9 Å². The lowest BCUT2D eigenvalue weighted by molar-refractivity contribution is 0.0947. The van der Waals surface area contributed by atoms with Crippen molar-refractivity contribution in [3.8, 4) is 0 Å². The average molecular weight is 379 g/mol. The molecule has 2 aromatic rings. The molecule has 0 bridgehead atoms. The molecular weight excluding hydrogens is 357 g/mol. The number of sulfonamides is 1. The Bertz CT molecular complexity index is 922. The molecule has 6 nitrogen and oxygen atoms in total. The Morgan fingerprint density at radius 3 is 2.46 bits per heavy atom. The van der Waals surface area contributed by atoms with Crippen LogP contribution in [0.15, 0.2) is 47.4 Å². The maximum Gasteiger partial charge on any atom is 0.262 e. The largest absolute Gasteiger partial charge is 0.350 e. The molecule has 0 aliphatic carbocycles. The van der Waals surface area contributed by atoms with Crippen molar-refractivity contribution in [2.45, 2.75) is 31.2 Å². The topological polar surface area (TPSA) is 101 Å². The minimum atomic E-state index is -3.98. The van der Waals surface area contributed by atoms with Crippen molar-refractivity contribution in [2.75, 3.05) is 11.3 Å². The van der Waals surface area contributed by atoms with Crippen LogP contribution >= 0.6 is 0 Å². The van der Waals surface area contributed by atoms with E-state index in [4.69, 9.17) is 5.73 Å². The fourth-order valence-corrected chi connectivity index (χ4v) is 3.59. The van der Waals surface area contributed by atoms with Gasteiger partial charge in [0, 0.05) is 12.1 Å². The van der Waals surface area contributed by atoms with Gasteiger partial charge in [-0.1, -0.05) is 12.1 Å². The van der Waals surface area contributed by atoms with E-state index in [1.165, 1.54) is 25.1 Å². The van der Waals surface area contributed by atoms with Crippen molar-refractivity contribution in [3.63, 3.8) is 0 Å². The van der Waals surface area contributed by atoms with Gasteiger partial charge >= 0.3 is 0 Å². The molecule has 26 heavy (non-hydrogen) atoms. The van der Waals surface area contributed by atoms with Crippen LogP contribution in [0, 0.1) is 12.7 Å². The summed E-state index contributed by atoms with van der Waals surface area (Å²) in [5.41, 5.74) is 5.81. The van der Waals surface area contributed by atoms with E-state index in [1.807, 2.05) is 0 Å². The van der Waals surface area contributed by atoms with Crippen molar-refractivity contribution in [3.05, 3.63) is 59.4 Å². The van der Waals surface area contributed by atoms with Crippen molar-refractivity contribution in [1.29, 1.82) is 0 Å². The molecule has 4 N–H and O–H groups in total. The normalized spacial score (nSPS) is 11.9. The standard InChI is InChI=1S/C18H22FN3O3S/c1-12-10-13(19)8-9-16(12)26(24,25)22-15-7-5-4-6-14(15)17(23)21-11-18(2,3)20/h4-10,22H,11,20H2,1-3H3,(H,21,23). The van der Waals surface area contributed by atoms with Gasteiger partial charge in [0.05, 0.1) is 16.1 Å². The predicted octanol–water partition coefficient (Wildman–Crippen LogP) is 2.40. The molecule has 0 aliphatic heterocycles. The number of halogens is 1. The van der Waals surface area contributed by atoms with Crippen LogP contribution in [0.3, 0.4) is 0 Å². The molecule has 2 rings (SSSR count). The SMILES string of the molecule is Cc1cc(F)ccc1S(=O)(=O)Nc1ccccc1C(=O)NCC(C)(C)N. The van der Waals surface area contributed by atoms with Gasteiger partial charge in [-0.25, -0.2) is 12.8 Å². The highest BCUT2D eigenvalue weighted by molar-refractivity contribution is 7.92. The summed E-state index contributed by atoms with van der Waals surface area (Å²) in [6.45, 7) is 5.25. The fourth-order valence-electron chi connectivity index (χ4n) is 2.29. The zero-order valence-corrected chi connectivity index (χ0v) is 15.7. The number of amides is 1. The van der Waals surface area contributed by atoms with Gasteiger partial charge in [0.1, 0.15) is 5.82 Å². The van der Waals surface area contributed by atoms with Gasteiger partial charge in [-0.15, -0.1) is 0 Å². The van der Waals surface area contributed by atoms with Crippen molar-refractivity contribution in [2.24, 2.45) is 5.73 Å². The lowest BCUT2D eigenvalue weighted by Gasteiger charge is -2.20. The van der Waals surface area contributed by atoms with Gasteiger partial charge in [0.2, 0.25) is 0 Å².